The van der Waals surface area contributed by atoms with E-state index in [9.17, 15) is 0 Å². The Labute approximate surface area is 134 Å². The van der Waals surface area contributed by atoms with Crippen LogP contribution in [0, 0.1) is 0 Å². The smallest absolute Gasteiger partial charge is 0.371 e. The highest BCUT2D eigenvalue weighted by Gasteiger charge is 2.37. The first kappa shape index (κ1) is 16.9. The van der Waals surface area contributed by atoms with Crippen LogP contribution in [0.5, 0.6) is 0 Å². The number of hydrogen-bond donors (Lipinski definition) is 0. The average Bonchev–Trinajstić information content (AvgIpc) is 2.76. The van der Waals surface area contributed by atoms with Crippen molar-refractivity contribution in [2.75, 3.05) is 19.8 Å². The molecular formula is C18H24O3Si. The molecule has 0 unspecified atom stereocenters. The molecule has 2 rings (SSSR count). The first-order chi connectivity index (χ1) is 10.7. The summed E-state index contributed by atoms with van der Waals surface area (Å²) < 4.78 is 17.5. The van der Waals surface area contributed by atoms with Crippen LogP contribution in [0.3, 0.4) is 0 Å². The van der Waals surface area contributed by atoms with Gasteiger partial charge in [0.15, 0.2) is 0 Å². The van der Waals surface area contributed by atoms with Crippen LogP contribution in [0.15, 0.2) is 48.2 Å². The predicted molar refractivity (Wildman–Crippen MR) is 92.7 cm³/mol. The Kier molecular flexibility index (Phi) is 6.33. The number of fused-ring (bicyclic) bond motifs is 1. The van der Waals surface area contributed by atoms with Crippen molar-refractivity contribution < 1.29 is 13.3 Å². The van der Waals surface area contributed by atoms with Gasteiger partial charge in [0.05, 0.1) is 0 Å². The van der Waals surface area contributed by atoms with E-state index in [-0.39, 0.29) is 0 Å². The summed E-state index contributed by atoms with van der Waals surface area (Å²) in [5.74, 6) is 0. The molecule has 0 N–H and O–H groups in total. The summed E-state index contributed by atoms with van der Waals surface area (Å²) in [5.41, 5.74) is 5.57. The SMILES string of the molecule is CCO[Si](/C=C/c1cc2cccccc-2c1)(OCC)OCC. The van der Waals surface area contributed by atoms with Gasteiger partial charge in [-0.25, -0.2) is 0 Å². The molecule has 118 valence electrons. The maximum atomic E-state index is 5.83. The lowest BCUT2D eigenvalue weighted by atomic mass is 10.2. The third kappa shape index (κ3) is 4.27. The van der Waals surface area contributed by atoms with Gasteiger partial charge in [0.2, 0.25) is 0 Å². The standard InChI is InChI=1S/C18H24O3Si/c1-4-19-22(20-5-2,21-6-3)13-12-16-14-17-10-8-7-9-11-18(17)15-16/h7-15H,4-6H2,1-3H3/b13-12+. The van der Waals surface area contributed by atoms with E-state index in [4.69, 9.17) is 13.3 Å². The molecule has 0 radical (unpaired) electrons. The van der Waals surface area contributed by atoms with Crippen molar-refractivity contribution in [2.45, 2.75) is 20.8 Å². The molecule has 0 amide bonds. The van der Waals surface area contributed by atoms with Crippen LogP contribution in [0.4, 0.5) is 0 Å². The molecule has 3 nitrogen and oxygen atoms in total. The fourth-order valence-corrected chi connectivity index (χ4v) is 4.55. The summed E-state index contributed by atoms with van der Waals surface area (Å²) in [6.07, 6.45) is 2.05. The highest BCUT2D eigenvalue weighted by molar-refractivity contribution is 6.67. The van der Waals surface area contributed by atoms with Crippen molar-refractivity contribution in [3.63, 3.8) is 0 Å². The third-order valence-corrected chi connectivity index (χ3v) is 5.92. The van der Waals surface area contributed by atoms with E-state index in [2.05, 4.69) is 36.4 Å². The molecule has 0 heterocycles. The minimum absolute atomic E-state index is 0.579. The summed E-state index contributed by atoms with van der Waals surface area (Å²) in [6, 6.07) is 14.7. The van der Waals surface area contributed by atoms with Crippen molar-refractivity contribution in [2.24, 2.45) is 0 Å². The highest BCUT2D eigenvalue weighted by Crippen LogP contribution is 2.26. The van der Waals surface area contributed by atoms with E-state index in [1.54, 1.807) is 0 Å². The molecule has 0 aliphatic heterocycles. The van der Waals surface area contributed by atoms with Gasteiger partial charge < -0.3 is 13.3 Å². The fraction of sp³-hybridized carbons (Fsp3) is 0.333. The molecular weight excluding hydrogens is 292 g/mol. The molecule has 0 saturated heterocycles. The van der Waals surface area contributed by atoms with Gasteiger partial charge in [-0.3, -0.25) is 0 Å². The number of rotatable bonds is 8. The van der Waals surface area contributed by atoms with Crippen molar-refractivity contribution in [3.05, 3.63) is 53.7 Å². The first-order valence-corrected chi connectivity index (χ1v) is 9.63. The van der Waals surface area contributed by atoms with Crippen LogP contribution in [-0.4, -0.2) is 28.6 Å². The minimum Gasteiger partial charge on any atom is -0.371 e. The molecule has 4 heteroatoms. The zero-order valence-electron chi connectivity index (χ0n) is 13.5. The molecule has 22 heavy (non-hydrogen) atoms. The Balaban J connectivity index is 2.27. The Morgan fingerprint density at radius 2 is 1.32 bits per heavy atom. The molecule has 0 aromatic carbocycles. The molecule has 0 fully saturated rings. The second-order valence-corrected chi connectivity index (χ2v) is 7.25. The van der Waals surface area contributed by atoms with E-state index >= 15 is 0 Å². The lowest BCUT2D eigenvalue weighted by molar-refractivity contribution is 0.0845. The maximum Gasteiger partial charge on any atom is 0.529 e. The Morgan fingerprint density at radius 1 is 0.818 bits per heavy atom. The van der Waals surface area contributed by atoms with E-state index in [0.29, 0.717) is 19.8 Å². The van der Waals surface area contributed by atoms with Crippen molar-refractivity contribution >= 4 is 14.9 Å². The molecule has 0 spiro atoms. The average molecular weight is 316 g/mol. The van der Waals surface area contributed by atoms with Gasteiger partial charge in [-0.1, -0.05) is 36.4 Å². The van der Waals surface area contributed by atoms with Crippen LogP contribution in [0.25, 0.3) is 17.2 Å². The normalized spacial score (nSPS) is 12.3. The second-order valence-electron chi connectivity index (χ2n) is 4.85. The maximum absolute atomic E-state index is 5.83. The van der Waals surface area contributed by atoms with Crippen LogP contribution in [-0.2, 0) is 13.3 Å². The van der Waals surface area contributed by atoms with Gasteiger partial charge in [-0.05, 0) is 55.3 Å². The Morgan fingerprint density at radius 3 is 1.77 bits per heavy atom. The molecule has 0 atom stereocenters. The molecule has 2 aliphatic carbocycles. The van der Waals surface area contributed by atoms with Gasteiger partial charge in [-0.2, -0.15) is 0 Å². The van der Waals surface area contributed by atoms with E-state index < -0.39 is 8.80 Å². The van der Waals surface area contributed by atoms with E-state index in [0.717, 1.165) is 5.56 Å². The molecule has 0 aromatic rings. The zero-order valence-corrected chi connectivity index (χ0v) is 14.5. The topological polar surface area (TPSA) is 27.7 Å². The third-order valence-electron chi connectivity index (χ3n) is 3.27. The molecule has 2 aliphatic rings. The van der Waals surface area contributed by atoms with Gasteiger partial charge in [0.25, 0.3) is 0 Å². The van der Waals surface area contributed by atoms with Gasteiger partial charge >= 0.3 is 8.80 Å². The van der Waals surface area contributed by atoms with Gasteiger partial charge in [0, 0.05) is 19.8 Å². The summed E-state index contributed by atoms with van der Waals surface area (Å²) in [4.78, 5) is 0. The molecule has 0 bridgehead atoms. The Bertz CT molecular complexity index is 535. The summed E-state index contributed by atoms with van der Waals surface area (Å²) in [7, 11) is -2.72. The molecule has 0 aromatic heterocycles. The van der Waals surface area contributed by atoms with Crippen LogP contribution < -0.4 is 0 Å². The van der Waals surface area contributed by atoms with E-state index in [1.807, 2.05) is 38.6 Å². The highest BCUT2D eigenvalue weighted by atomic mass is 28.4. The van der Waals surface area contributed by atoms with Crippen molar-refractivity contribution in [1.82, 2.24) is 0 Å². The number of hydrogen-bond acceptors (Lipinski definition) is 3. The lowest BCUT2D eigenvalue weighted by Gasteiger charge is -2.25. The fourth-order valence-electron chi connectivity index (χ4n) is 2.41. The summed E-state index contributed by atoms with van der Waals surface area (Å²) in [5, 5.41) is 0. The second kappa shape index (κ2) is 8.24. The molecule has 0 saturated carbocycles. The van der Waals surface area contributed by atoms with Crippen LogP contribution >= 0.6 is 0 Å². The Hall–Kier alpha value is -1.46. The first-order valence-electron chi connectivity index (χ1n) is 7.83. The van der Waals surface area contributed by atoms with E-state index in [1.165, 1.54) is 11.1 Å². The van der Waals surface area contributed by atoms with Gasteiger partial charge in [-0.15, -0.1) is 0 Å². The predicted octanol–water partition coefficient (Wildman–Crippen LogP) is 4.39. The summed E-state index contributed by atoms with van der Waals surface area (Å²) in [6.45, 7) is 7.62. The largest absolute Gasteiger partial charge is 0.529 e. The van der Waals surface area contributed by atoms with Crippen molar-refractivity contribution in [3.8, 4) is 11.1 Å². The lowest BCUT2D eigenvalue weighted by Crippen LogP contribution is -2.44. The van der Waals surface area contributed by atoms with Crippen molar-refractivity contribution in [1.29, 1.82) is 0 Å². The zero-order chi connectivity index (χ0) is 15.8. The minimum atomic E-state index is -2.72. The monoisotopic (exact) mass is 316 g/mol. The van der Waals surface area contributed by atoms with Gasteiger partial charge in [0.1, 0.15) is 0 Å². The quantitative estimate of drug-likeness (QED) is 0.676. The summed E-state index contributed by atoms with van der Waals surface area (Å²) >= 11 is 0. The van der Waals surface area contributed by atoms with Crippen LogP contribution in [0.1, 0.15) is 26.3 Å². The van der Waals surface area contributed by atoms with Crippen LogP contribution in [0.2, 0.25) is 0 Å².